The van der Waals surface area contributed by atoms with E-state index in [2.05, 4.69) is 10.1 Å². The average Bonchev–Trinajstić information content (AvgIpc) is 2.99. The van der Waals surface area contributed by atoms with Gasteiger partial charge in [-0.2, -0.15) is 0 Å². The Labute approximate surface area is 135 Å². The van der Waals surface area contributed by atoms with Gasteiger partial charge in [-0.15, -0.1) is 13.2 Å². The number of carbonyl (C=O) groups excluding carboxylic acids is 1. The molecule has 132 valence electrons. The van der Waals surface area contributed by atoms with E-state index < -0.39 is 30.5 Å². The summed E-state index contributed by atoms with van der Waals surface area (Å²) in [5.74, 6) is -2.25. The van der Waals surface area contributed by atoms with E-state index in [4.69, 9.17) is 9.84 Å². The number of benzene rings is 1. The molecule has 1 aliphatic heterocycles. The van der Waals surface area contributed by atoms with Gasteiger partial charge in [0, 0.05) is 6.61 Å². The van der Waals surface area contributed by atoms with Gasteiger partial charge < -0.3 is 19.9 Å². The smallest absolute Gasteiger partial charge is 0.481 e. The molecule has 1 aromatic rings. The molecule has 9 heteroatoms. The molecule has 1 fully saturated rings. The second kappa shape index (κ2) is 7.52. The highest BCUT2D eigenvalue weighted by atomic mass is 19.4. The zero-order valence-corrected chi connectivity index (χ0v) is 12.5. The molecule has 1 aromatic carbocycles. The van der Waals surface area contributed by atoms with E-state index in [0.717, 1.165) is 12.1 Å². The third-order valence-corrected chi connectivity index (χ3v) is 3.51. The van der Waals surface area contributed by atoms with Gasteiger partial charge in [0.05, 0.1) is 25.0 Å². The Kier molecular flexibility index (Phi) is 5.66. The summed E-state index contributed by atoms with van der Waals surface area (Å²) in [6.45, 7) is 0.731. The topological polar surface area (TPSA) is 84.9 Å². The Hall–Kier alpha value is -2.29. The lowest BCUT2D eigenvalue weighted by atomic mass is 10.0. The number of aliphatic carboxylic acids is 1. The van der Waals surface area contributed by atoms with Crippen molar-refractivity contribution >= 4 is 11.9 Å². The third kappa shape index (κ3) is 5.41. The van der Waals surface area contributed by atoms with Crippen molar-refractivity contribution in [2.24, 2.45) is 5.92 Å². The number of hydrogen-bond donors (Lipinski definition) is 2. The summed E-state index contributed by atoms with van der Waals surface area (Å²) < 4.78 is 45.3. The van der Waals surface area contributed by atoms with Crippen molar-refractivity contribution in [1.82, 2.24) is 5.32 Å². The number of carbonyl (C=O) groups is 2. The molecular formula is C15H16F3NO5. The minimum Gasteiger partial charge on any atom is -0.481 e. The van der Waals surface area contributed by atoms with Gasteiger partial charge in [-0.05, 0) is 24.1 Å². The number of alkyl halides is 3. The Morgan fingerprint density at radius 3 is 2.50 bits per heavy atom. The first-order chi connectivity index (χ1) is 11.2. The standard InChI is InChI=1S/C15H16F3NO5/c16-15(17,18)24-11-3-1-9(2-4-11)12(7-13(20)21)19-14(22)10-5-6-23-8-10/h1-4,10,12H,5-8H2,(H,19,22)(H,20,21)/t10-,12+/m0/s1. The van der Waals surface area contributed by atoms with Crippen molar-refractivity contribution in [3.8, 4) is 5.75 Å². The van der Waals surface area contributed by atoms with E-state index in [1.54, 1.807) is 0 Å². The van der Waals surface area contributed by atoms with Crippen LogP contribution < -0.4 is 10.1 Å². The van der Waals surface area contributed by atoms with E-state index in [1.165, 1.54) is 12.1 Å². The van der Waals surface area contributed by atoms with Crippen molar-refractivity contribution in [3.05, 3.63) is 29.8 Å². The van der Waals surface area contributed by atoms with Gasteiger partial charge in [0.15, 0.2) is 0 Å². The molecule has 1 aliphatic rings. The minimum atomic E-state index is -4.81. The van der Waals surface area contributed by atoms with Crippen molar-refractivity contribution in [3.63, 3.8) is 0 Å². The first-order valence-corrected chi connectivity index (χ1v) is 7.20. The summed E-state index contributed by atoms with van der Waals surface area (Å²) in [5, 5.41) is 11.6. The summed E-state index contributed by atoms with van der Waals surface area (Å²) in [6.07, 6.45) is -4.65. The second-order valence-corrected chi connectivity index (χ2v) is 5.34. The van der Waals surface area contributed by atoms with Gasteiger partial charge in [-0.3, -0.25) is 9.59 Å². The van der Waals surface area contributed by atoms with E-state index >= 15 is 0 Å². The molecule has 0 radical (unpaired) electrons. The van der Waals surface area contributed by atoms with Crippen LogP contribution in [0.4, 0.5) is 13.2 Å². The molecule has 2 N–H and O–H groups in total. The van der Waals surface area contributed by atoms with E-state index in [9.17, 15) is 22.8 Å². The van der Waals surface area contributed by atoms with E-state index in [1.807, 2.05) is 0 Å². The van der Waals surface area contributed by atoms with Crippen LogP contribution in [0.15, 0.2) is 24.3 Å². The Bertz CT molecular complexity index is 582. The average molecular weight is 347 g/mol. The molecule has 24 heavy (non-hydrogen) atoms. The number of rotatable bonds is 6. The highest BCUT2D eigenvalue weighted by Crippen LogP contribution is 2.26. The van der Waals surface area contributed by atoms with E-state index in [0.29, 0.717) is 18.6 Å². The predicted octanol–water partition coefficient (Wildman–Crippen LogP) is 2.25. The highest BCUT2D eigenvalue weighted by molar-refractivity contribution is 5.80. The van der Waals surface area contributed by atoms with Crippen molar-refractivity contribution in [2.75, 3.05) is 13.2 Å². The monoisotopic (exact) mass is 347 g/mol. The summed E-state index contributed by atoms with van der Waals surface area (Å²) in [7, 11) is 0. The zero-order chi connectivity index (χ0) is 17.7. The van der Waals surface area contributed by atoms with Crippen LogP contribution in [0.2, 0.25) is 0 Å². The third-order valence-electron chi connectivity index (χ3n) is 3.51. The number of carboxylic acids is 1. The quantitative estimate of drug-likeness (QED) is 0.824. The molecule has 2 rings (SSSR count). The van der Waals surface area contributed by atoms with Crippen LogP contribution in [0, 0.1) is 5.92 Å². The first kappa shape index (κ1) is 18.1. The maximum absolute atomic E-state index is 12.1. The van der Waals surface area contributed by atoms with Crippen LogP contribution in [0.25, 0.3) is 0 Å². The molecule has 1 amide bonds. The molecule has 2 atom stereocenters. The number of carboxylic acid groups (broad SMARTS) is 1. The lowest BCUT2D eigenvalue weighted by Gasteiger charge is -2.20. The summed E-state index contributed by atoms with van der Waals surface area (Å²) in [6, 6.07) is 3.88. The zero-order valence-electron chi connectivity index (χ0n) is 12.5. The fraction of sp³-hybridized carbons (Fsp3) is 0.467. The number of amides is 1. The molecule has 1 heterocycles. The largest absolute Gasteiger partial charge is 0.573 e. The lowest BCUT2D eigenvalue weighted by molar-refractivity contribution is -0.274. The number of halogens is 3. The van der Waals surface area contributed by atoms with E-state index in [-0.39, 0.29) is 18.4 Å². The lowest BCUT2D eigenvalue weighted by Crippen LogP contribution is -2.35. The molecule has 6 nitrogen and oxygen atoms in total. The fourth-order valence-electron chi connectivity index (χ4n) is 2.36. The van der Waals surface area contributed by atoms with Gasteiger partial charge in [-0.1, -0.05) is 12.1 Å². The maximum atomic E-state index is 12.1. The SMILES string of the molecule is O=C(O)C[C@@H](NC(=O)[C@H]1CCOC1)c1ccc(OC(F)(F)F)cc1. The minimum absolute atomic E-state index is 0.268. The van der Waals surface area contributed by atoms with Gasteiger partial charge in [-0.25, -0.2) is 0 Å². The Morgan fingerprint density at radius 2 is 2.00 bits per heavy atom. The van der Waals surface area contributed by atoms with Crippen LogP contribution in [0.3, 0.4) is 0 Å². The summed E-state index contributed by atoms with van der Waals surface area (Å²) in [5.41, 5.74) is 0.374. The van der Waals surface area contributed by atoms with Crippen LogP contribution in [-0.4, -0.2) is 36.6 Å². The molecule has 0 saturated carbocycles. The van der Waals surface area contributed by atoms with Crippen molar-refractivity contribution < 1.29 is 37.3 Å². The number of hydrogen-bond acceptors (Lipinski definition) is 4. The van der Waals surface area contributed by atoms with Gasteiger partial charge in [0.1, 0.15) is 5.75 Å². The molecule has 0 aromatic heterocycles. The Balaban J connectivity index is 2.08. The highest BCUT2D eigenvalue weighted by Gasteiger charge is 2.31. The Morgan fingerprint density at radius 1 is 1.33 bits per heavy atom. The van der Waals surface area contributed by atoms with Crippen LogP contribution in [0.5, 0.6) is 5.75 Å². The molecule has 0 unspecified atom stereocenters. The van der Waals surface area contributed by atoms with Gasteiger partial charge >= 0.3 is 12.3 Å². The molecule has 1 saturated heterocycles. The summed E-state index contributed by atoms with van der Waals surface area (Å²) in [4.78, 5) is 23.1. The van der Waals surface area contributed by atoms with Crippen LogP contribution >= 0.6 is 0 Å². The fourth-order valence-corrected chi connectivity index (χ4v) is 2.36. The molecule has 0 aliphatic carbocycles. The number of nitrogens with one attached hydrogen (secondary N) is 1. The molecular weight excluding hydrogens is 331 g/mol. The van der Waals surface area contributed by atoms with Gasteiger partial charge in [0.2, 0.25) is 5.91 Å². The van der Waals surface area contributed by atoms with Gasteiger partial charge in [0.25, 0.3) is 0 Å². The first-order valence-electron chi connectivity index (χ1n) is 7.20. The van der Waals surface area contributed by atoms with Crippen molar-refractivity contribution in [2.45, 2.75) is 25.2 Å². The predicted molar refractivity (Wildman–Crippen MR) is 75.2 cm³/mol. The van der Waals surface area contributed by atoms with Crippen LogP contribution in [0.1, 0.15) is 24.4 Å². The van der Waals surface area contributed by atoms with Crippen molar-refractivity contribution in [1.29, 1.82) is 0 Å². The number of ether oxygens (including phenoxy) is 2. The second-order valence-electron chi connectivity index (χ2n) is 5.34. The molecule has 0 spiro atoms. The normalized spacial score (nSPS) is 18.9. The summed E-state index contributed by atoms with van der Waals surface area (Å²) >= 11 is 0. The molecule has 0 bridgehead atoms. The van der Waals surface area contributed by atoms with Crippen LogP contribution in [-0.2, 0) is 14.3 Å². The maximum Gasteiger partial charge on any atom is 0.573 e.